The van der Waals surface area contributed by atoms with Crippen molar-refractivity contribution in [2.75, 3.05) is 0 Å². The third-order valence-electron chi connectivity index (χ3n) is 6.51. The van der Waals surface area contributed by atoms with Crippen molar-refractivity contribution in [1.82, 2.24) is 0 Å². The minimum atomic E-state index is -0.271. The molecule has 150 valence electrons. The molecule has 0 aromatic heterocycles. The Bertz CT molecular complexity index is 838. The smallest absolute Gasteiger partial charge is 0.313 e. The lowest BCUT2D eigenvalue weighted by molar-refractivity contribution is -0.144. The first-order valence-electron chi connectivity index (χ1n) is 10.7. The Kier molecular flexibility index (Phi) is 4.95. The number of aryl methyl sites for hydroxylation is 3. The van der Waals surface area contributed by atoms with Crippen LogP contribution in [-0.4, -0.2) is 24.0 Å². The zero-order chi connectivity index (χ0) is 20.2. The normalized spacial score (nSPS) is 28.4. The fourth-order valence-corrected chi connectivity index (χ4v) is 5.21. The van der Waals surface area contributed by atoms with Gasteiger partial charge in [-0.25, -0.2) is 0 Å². The zero-order valence-electron chi connectivity index (χ0n) is 17.5. The van der Waals surface area contributed by atoms with Crippen LogP contribution in [0.3, 0.4) is 0 Å². The topological polar surface area (TPSA) is 52.6 Å². The predicted molar refractivity (Wildman–Crippen MR) is 108 cm³/mol. The van der Waals surface area contributed by atoms with Crippen LogP contribution in [0.5, 0.6) is 0 Å². The standard InChI is InChI=1S/C24H30O4/c1-6-14-10-13(5)11-15(7-2)18(14)21-22(25)19-16-8-9-17(27-16)20(19)23(21)28-24(26)12(3)4/h10-12,16-17,19-20H,6-9H2,1-5H3/t16-,17+,19-,20+/m0/s1. The number of carbonyl (C=O) groups is 2. The van der Waals surface area contributed by atoms with E-state index in [4.69, 9.17) is 9.47 Å². The van der Waals surface area contributed by atoms with Crippen LogP contribution in [0.2, 0.25) is 0 Å². The number of rotatable bonds is 5. The van der Waals surface area contributed by atoms with E-state index in [-0.39, 0.29) is 41.7 Å². The van der Waals surface area contributed by atoms with E-state index in [2.05, 4.69) is 32.9 Å². The van der Waals surface area contributed by atoms with Crippen molar-refractivity contribution in [2.24, 2.45) is 17.8 Å². The summed E-state index contributed by atoms with van der Waals surface area (Å²) in [6.45, 7) is 9.98. The average Bonchev–Trinajstić information content (AvgIpc) is 3.35. The number of Topliss-reactive ketones (excluding diaryl/α,β-unsaturated/α-hetero) is 1. The summed E-state index contributed by atoms with van der Waals surface area (Å²) in [6.07, 6.45) is 3.49. The number of carbonyl (C=O) groups excluding carboxylic acids is 2. The first-order chi connectivity index (χ1) is 13.4. The van der Waals surface area contributed by atoms with Crippen LogP contribution in [0.25, 0.3) is 5.57 Å². The Balaban J connectivity index is 1.92. The number of hydrogen-bond donors (Lipinski definition) is 0. The van der Waals surface area contributed by atoms with E-state index in [9.17, 15) is 9.59 Å². The van der Waals surface area contributed by atoms with Crippen LogP contribution >= 0.6 is 0 Å². The number of benzene rings is 1. The van der Waals surface area contributed by atoms with Gasteiger partial charge in [0.05, 0.1) is 35.5 Å². The number of fused-ring (bicyclic) bond motifs is 5. The van der Waals surface area contributed by atoms with Crippen LogP contribution in [-0.2, 0) is 31.9 Å². The molecule has 0 radical (unpaired) electrons. The molecule has 2 heterocycles. The maximum Gasteiger partial charge on any atom is 0.313 e. The fourth-order valence-electron chi connectivity index (χ4n) is 5.21. The summed E-state index contributed by atoms with van der Waals surface area (Å²) in [4.78, 5) is 26.2. The minimum absolute atomic E-state index is 0.00739. The third-order valence-corrected chi connectivity index (χ3v) is 6.51. The Morgan fingerprint density at radius 2 is 1.68 bits per heavy atom. The summed E-state index contributed by atoms with van der Waals surface area (Å²) < 4.78 is 12.0. The second-order valence-electron chi connectivity index (χ2n) is 8.69. The molecule has 0 amide bonds. The predicted octanol–water partition coefficient (Wildman–Crippen LogP) is 4.41. The number of esters is 1. The Hall–Kier alpha value is -1.94. The molecule has 0 spiro atoms. The summed E-state index contributed by atoms with van der Waals surface area (Å²) in [5.74, 6) is -0.131. The molecule has 0 saturated carbocycles. The van der Waals surface area contributed by atoms with Crippen molar-refractivity contribution < 1.29 is 19.1 Å². The highest BCUT2D eigenvalue weighted by molar-refractivity contribution is 6.26. The van der Waals surface area contributed by atoms with Crippen LogP contribution in [0.15, 0.2) is 17.9 Å². The van der Waals surface area contributed by atoms with Crippen LogP contribution in [0.4, 0.5) is 0 Å². The van der Waals surface area contributed by atoms with Crippen molar-refractivity contribution in [3.63, 3.8) is 0 Å². The largest absolute Gasteiger partial charge is 0.430 e. The molecule has 0 unspecified atom stereocenters. The van der Waals surface area contributed by atoms with E-state index in [1.165, 1.54) is 5.56 Å². The van der Waals surface area contributed by atoms with Crippen molar-refractivity contribution in [1.29, 1.82) is 0 Å². The van der Waals surface area contributed by atoms with E-state index in [0.717, 1.165) is 42.4 Å². The van der Waals surface area contributed by atoms with Crippen LogP contribution in [0, 0.1) is 24.7 Å². The van der Waals surface area contributed by atoms with Crippen LogP contribution in [0.1, 0.15) is 62.8 Å². The van der Waals surface area contributed by atoms with Gasteiger partial charge in [-0.1, -0.05) is 45.4 Å². The lowest BCUT2D eigenvalue weighted by Gasteiger charge is -2.22. The third kappa shape index (κ3) is 2.85. The van der Waals surface area contributed by atoms with E-state index < -0.39 is 0 Å². The second kappa shape index (κ2) is 7.14. The van der Waals surface area contributed by atoms with E-state index in [1.54, 1.807) is 0 Å². The molecule has 2 aliphatic heterocycles. The van der Waals surface area contributed by atoms with Crippen LogP contribution < -0.4 is 0 Å². The van der Waals surface area contributed by atoms with Gasteiger partial charge in [0.25, 0.3) is 0 Å². The number of hydrogen-bond acceptors (Lipinski definition) is 4. The molecule has 1 aromatic rings. The molecule has 1 aromatic carbocycles. The van der Waals surface area contributed by atoms with Gasteiger partial charge in [0, 0.05) is 0 Å². The van der Waals surface area contributed by atoms with Crippen molar-refractivity contribution >= 4 is 17.3 Å². The first kappa shape index (κ1) is 19.4. The summed E-state index contributed by atoms with van der Waals surface area (Å²) in [6, 6.07) is 4.33. The summed E-state index contributed by atoms with van der Waals surface area (Å²) in [5, 5.41) is 0. The van der Waals surface area contributed by atoms with Gasteiger partial charge in [-0.15, -0.1) is 0 Å². The molecule has 2 fully saturated rings. The maximum absolute atomic E-state index is 13.6. The van der Waals surface area contributed by atoms with Gasteiger partial charge < -0.3 is 9.47 Å². The highest BCUT2D eigenvalue weighted by atomic mass is 16.5. The molecular weight excluding hydrogens is 352 g/mol. The maximum atomic E-state index is 13.6. The molecule has 4 nitrogen and oxygen atoms in total. The highest BCUT2D eigenvalue weighted by Gasteiger charge is 2.60. The van der Waals surface area contributed by atoms with Gasteiger partial charge in [-0.2, -0.15) is 0 Å². The van der Waals surface area contributed by atoms with E-state index in [0.29, 0.717) is 11.3 Å². The monoisotopic (exact) mass is 382 g/mol. The number of ether oxygens (including phenoxy) is 2. The highest BCUT2D eigenvalue weighted by Crippen LogP contribution is 2.55. The summed E-state index contributed by atoms with van der Waals surface area (Å²) in [5.41, 5.74) is 5.17. The molecule has 28 heavy (non-hydrogen) atoms. The molecule has 1 aliphatic carbocycles. The molecule has 3 aliphatic rings. The fraction of sp³-hybridized carbons (Fsp3) is 0.583. The first-order valence-corrected chi connectivity index (χ1v) is 10.7. The number of ketones is 1. The summed E-state index contributed by atoms with van der Waals surface area (Å²) >= 11 is 0. The lowest BCUT2D eigenvalue weighted by atomic mass is 9.80. The van der Waals surface area contributed by atoms with Crippen molar-refractivity contribution in [3.05, 3.63) is 40.1 Å². The Labute approximate surface area is 167 Å². The minimum Gasteiger partial charge on any atom is -0.430 e. The van der Waals surface area contributed by atoms with Gasteiger partial charge in [0.2, 0.25) is 0 Å². The van der Waals surface area contributed by atoms with Gasteiger partial charge in [-0.3, -0.25) is 9.59 Å². The Morgan fingerprint density at radius 1 is 1.11 bits per heavy atom. The van der Waals surface area contributed by atoms with E-state index in [1.807, 2.05) is 13.8 Å². The molecule has 2 saturated heterocycles. The lowest BCUT2D eigenvalue weighted by Crippen LogP contribution is -2.30. The van der Waals surface area contributed by atoms with Gasteiger partial charge >= 0.3 is 5.97 Å². The molecule has 2 bridgehead atoms. The summed E-state index contributed by atoms with van der Waals surface area (Å²) in [7, 11) is 0. The Morgan fingerprint density at radius 3 is 2.21 bits per heavy atom. The van der Waals surface area contributed by atoms with Crippen molar-refractivity contribution in [3.8, 4) is 0 Å². The van der Waals surface area contributed by atoms with Gasteiger partial charge in [0.1, 0.15) is 5.76 Å². The van der Waals surface area contributed by atoms with Crippen molar-refractivity contribution in [2.45, 2.75) is 72.5 Å². The van der Waals surface area contributed by atoms with Gasteiger partial charge in [-0.05, 0) is 49.3 Å². The molecule has 4 heteroatoms. The second-order valence-corrected chi connectivity index (χ2v) is 8.69. The number of allylic oxidation sites excluding steroid dienone is 1. The molecule has 4 atom stereocenters. The van der Waals surface area contributed by atoms with Gasteiger partial charge in [0.15, 0.2) is 5.78 Å². The molecule has 0 N–H and O–H groups in total. The SMILES string of the molecule is CCc1cc(C)cc(CC)c1C1=C(OC(=O)C(C)C)[C@H]2[C@@H](C1=O)[C@@H]1CC[C@H]2O1. The van der Waals surface area contributed by atoms with E-state index >= 15 is 0 Å². The zero-order valence-corrected chi connectivity index (χ0v) is 17.5. The average molecular weight is 383 g/mol. The molecular formula is C24H30O4. The quantitative estimate of drug-likeness (QED) is 0.708. The molecule has 4 rings (SSSR count).